The Kier molecular flexibility index (Phi) is 4.42. The minimum Gasteiger partial charge on any atom is -0.481 e. The van der Waals surface area contributed by atoms with Crippen LogP contribution in [0.3, 0.4) is 0 Å². The second kappa shape index (κ2) is 6.87. The number of aliphatic carboxylic acids is 1. The molecule has 0 radical (unpaired) electrons. The molecule has 4 rings (SSSR count). The van der Waals surface area contributed by atoms with E-state index in [1.165, 1.54) is 5.56 Å². The molecule has 1 saturated heterocycles. The standard InChI is InChI=1S/C18H21N5O3/c24-17(23-6-5-12-3-1-2-4-16(12)23)11-22-9-13(7-18(25)26)14(10-22)15-8-19-21-20-15/h1-4,8,13-14H,5-7,9-11H2,(H,25,26)(H,19,20,21)/t13-,14+/m0/s1. The van der Waals surface area contributed by atoms with Gasteiger partial charge < -0.3 is 10.0 Å². The largest absolute Gasteiger partial charge is 0.481 e. The lowest BCUT2D eigenvalue weighted by atomic mass is 9.91. The molecule has 2 aromatic rings. The Morgan fingerprint density at radius 3 is 2.88 bits per heavy atom. The summed E-state index contributed by atoms with van der Waals surface area (Å²) >= 11 is 0. The van der Waals surface area contributed by atoms with E-state index in [4.69, 9.17) is 0 Å². The maximum Gasteiger partial charge on any atom is 0.303 e. The van der Waals surface area contributed by atoms with Crippen molar-refractivity contribution in [3.8, 4) is 0 Å². The van der Waals surface area contributed by atoms with Crippen molar-refractivity contribution in [3.05, 3.63) is 41.7 Å². The zero-order valence-corrected chi connectivity index (χ0v) is 14.3. The Hall–Kier alpha value is -2.74. The van der Waals surface area contributed by atoms with E-state index in [2.05, 4.69) is 21.5 Å². The normalized spacial score (nSPS) is 22.5. The molecule has 1 amide bonds. The van der Waals surface area contributed by atoms with Crippen molar-refractivity contribution in [3.63, 3.8) is 0 Å². The van der Waals surface area contributed by atoms with Crippen LogP contribution in [0.5, 0.6) is 0 Å². The van der Waals surface area contributed by atoms with Gasteiger partial charge in [0, 0.05) is 31.2 Å². The summed E-state index contributed by atoms with van der Waals surface area (Å²) in [6, 6.07) is 7.98. The predicted octanol–water partition coefficient (Wildman–Crippen LogP) is 0.884. The number of hydrogen-bond donors (Lipinski definition) is 2. The predicted molar refractivity (Wildman–Crippen MR) is 93.8 cm³/mol. The Bertz CT molecular complexity index is 807. The number of amides is 1. The van der Waals surface area contributed by atoms with E-state index < -0.39 is 5.97 Å². The van der Waals surface area contributed by atoms with Gasteiger partial charge >= 0.3 is 5.97 Å². The van der Waals surface area contributed by atoms with Gasteiger partial charge in [-0.2, -0.15) is 15.4 Å². The van der Waals surface area contributed by atoms with Gasteiger partial charge in [-0.15, -0.1) is 0 Å². The fraction of sp³-hybridized carbons (Fsp3) is 0.444. The van der Waals surface area contributed by atoms with Gasteiger partial charge in [0.2, 0.25) is 5.91 Å². The number of benzene rings is 1. The van der Waals surface area contributed by atoms with Crippen molar-refractivity contribution in [2.24, 2.45) is 5.92 Å². The lowest BCUT2D eigenvalue weighted by Gasteiger charge is -2.21. The number of nitrogens with zero attached hydrogens (tertiary/aromatic N) is 4. The molecule has 2 N–H and O–H groups in total. The highest BCUT2D eigenvalue weighted by Gasteiger charge is 2.38. The molecular formula is C18H21N5O3. The van der Waals surface area contributed by atoms with Crippen LogP contribution in [0.25, 0.3) is 0 Å². The number of para-hydroxylation sites is 1. The Morgan fingerprint density at radius 2 is 2.12 bits per heavy atom. The number of hydrogen-bond acceptors (Lipinski definition) is 5. The van der Waals surface area contributed by atoms with Crippen molar-refractivity contribution in [1.82, 2.24) is 20.3 Å². The van der Waals surface area contributed by atoms with Gasteiger partial charge in [0.15, 0.2) is 0 Å². The summed E-state index contributed by atoms with van der Waals surface area (Å²) in [5.74, 6) is -0.866. The van der Waals surface area contributed by atoms with Gasteiger partial charge in [-0.05, 0) is 24.0 Å². The molecule has 0 bridgehead atoms. The molecular weight excluding hydrogens is 334 g/mol. The van der Waals surface area contributed by atoms with Crippen molar-refractivity contribution < 1.29 is 14.7 Å². The third-order valence-electron chi connectivity index (χ3n) is 5.31. The number of H-pyrrole nitrogens is 1. The number of carbonyl (C=O) groups excluding carboxylic acids is 1. The second-order valence-electron chi connectivity index (χ2n) is 6.98. The molecule has 136 valence electrons. The number of carboxylic acid groups (broad SMARTS) is 1. The zero-order chi connectivity index (χ0) is 18.1. The lowest BCUT2D eigenvalue weighted by Crippen LogP contribution is -2.39. The van der Waals surface area contributed by atoms with Gasteiger partial charge in [-0.25, -0.2) is 0 Å². The average Bonchev–Trinajstić information content (AvgIpc) is 3.33. The Morgan fingerprint density at radius 1 is 1.27 bits per heavy atom. The fourth-order valence-electron chi connectivity index (χ4n) is 4.12. The van der Waals surface area contributed by atoms with Gasteiger partial charge in [-0.3, -0.25) is 14.5 Å². The lowest BCUT2D eigenvalue weighted by molar-refractivity contribution is -0.138. The number of likely N-dealkylation sites (tertiary alicyclic amines) is 1. The maximum atomic E-state index is 12.8. The van der Waals surface area contributed by atoms with Crippen LogP contribution >= 0.6 is 0 Å². The van der Waals surface area contributed by atoms with E-state index in [1.54, 1.807) is 6.20 Å². The first-order valence-electron chi connectivity index (χ1n) is 8.80. The molecule has 0 spiro atoms. The summed E-state index contributed by atoms with van der Waals surface area (Å²) in [7, 11) is 0. The summed E-state index contributed by atoms with van der Waals surface area (Å²) < 4.78 is 0. The van der Waals surface area contributed by atoms with Gasteiger partial charge in [-0.1, -0.05) is 18.2 Å². The van der Waals surface area contributed by atoms with Crippen LogP contribution in [0.15, 0.2) is 30.5 Å². The summed E-state index contributed by atoms with van der Waals surface area (Å²) in [5.41, 5.74) is 2.95. The quantitative estimate of drug-likeness (QED) is 0.826. The summed E-state index contributed by atoms with van der Waals surface area (Å²) in [6.45, 7) is 2.19. The maximum absolute atomic E-state index is 12.8. The first kappa shape index (κ1) is 16.7. The van der Waals surface area contributed by atoms with Crippen molar-refractivity contribution in [2.75, 3.05) is 31.1 Å². The minimum atomic E-state index is -0.829. The number of fused-ring (bicyclic) bond motifs is 1. The van der Waals surface area contributed by atoms with Crippen molar-refractivity contribution in [2.45, 2.75) is 18.8 Å². The number of aromatic amines is 1. The van der Waals surface area contributed by atoms with Gasteiger partial charge in [0.1, 0.15) is 0 Å². The van der Waals surface area contributed by atoms with Crippen LogP contribution in [0.1, 0.15) is 23.6 Å². The Balaban J connectivity index is 1.45. The SMILES string of the molecule is O=C(O)C[C@H]1CN(CC(=O)N2CCc3ccccc32)C[C@H]1c1cn[nH]n1. The molecule has 1 aromatic carbocycles. The Labute approximate surface area is 150 Å². The molecule has 0 unspecified atom stereocenters. The van der Waals surface area contributed by atoms with E-state index >= 15 is 0 Å². The molecule has 26 heavy (non-hydrogen) atoms. The smallest absolute Gasteiger partial charge is 0.303 e. The van der Waals surface area contributed by atoms with Crippen molar-refractivity contribution >= 4 is 17.6 Å². The van der Waals surface area contributed by atoms with Crippen LogP contribution in [-0.4, -0.2) is 63.5 Å². The van der Waals surface area contributed by atoms with E-state index in [0.29, 0.717) is 26.2 Å². The molecule has 1 fully saturated rings. The molecule has 2 aliphatic heterocycles. The van der Waals surface area contributed by atoms with E-state index in [9.17, 15) is 14.7 Å². The number of nitrogens with one attached hydrogen (secondary N) is 1. The van der Waals surface area contributed by atoms with E-state index in [1.807, 2.05) is 28.0 Å². The van der Waals surface area contributed by atoms with Crippen LogP contribution in [0.4, 0.5) is 5.69 Å². The summed E-state index contributed by atoms with van der Waals surface area (Å²) in [4.78, 5) is 27.9. The van der Waals surface area contributed by atoms with Crippen LogP contribution in [0.2, 0.25) is 0 Å². The number of aromatic nitrogens is 3. The third-order valence-corrected chi connectivity index (χ3v) is 5.31. The molecule has 3 heterocycles. The summed E-state index contributed by atoms with van der Waals surface area (Å²) in [5, 5.41) is 19.8. The molecule has 8 heteroatoms. The van der Waals surface area contributed by atoms with Crippen LogP contribution in [0, 0.1) is 5.92 Å². The first-order valence-corrected chi connectivity index (χ1v) is 8.80. The molecule has 0 aliphatic carbocycles. The number of anilines is 1. The topological polar surface area (TPSA) is 102 Å². The highest BCUT2D eigenvalue weighted by molar-refractivity contribution is 5.96. The zero-order valence-electron chi connectivity index (χ0n) is 14.3. The monoisotopic (exact) mass is 355 g/mol. The molecule has 0 saturated carbocycles. The summed E-state index contributed by atoms with van der Waals surface area (Å²) in [6.07, 6.45) is 2.58. The van der Waals surface area contributed by atoms with Crippen LogP contribution < -0.4 is 4.90 Å². The second-order valence-corrected chi connectivity index (χ2v) is 6.98. The molecule has 2 atom stereocenters. The fourth-order valence-corrected chi connectivity index (χ4v) is 4.12. The highest BCUT2D eigenvalue weighted by Crippen LogP contribution is 2.34. The van der Waals surface area contributed by atoms with Gasteiger partial charge in [0.05, 0.1) is 24.9 Å². The molecule has 2 aliphatic rings. The number of carboxylic acids is 1. The highest BCUT2D eigenvalue weighted by atomic mass is 16.4. The van der Waals surface area contributed by atoms with Gasteiger partial charge in [0.25, 0.3) is 0 Å². The van der Waals surface area contributed by atoms with Crippen molar-refractivity contribution in [1.29, 1.82) is 0 Å². The van der Waals surface area contributed by atoms with E-state index in [-0.39, 0.29) is 24.2 Å². The number of rotatable bonds is 5. The number of carbonyl (C=O) groups is 2. The average molecular weight is 355 g/mol. The van der Waals surface area contributed by atoms with E-state index in [0.717, 1.165) is 17.8 Å². The molecule has 8 nitrogen and oxygen atoms in total. The minimum absolute atomic E-state index is 0.0245. The third kappa shape index (κ3) is 3.20. The first-order chi connectivity index (χ1) is 12.6. The van der Waals surface area contributed by atoms with Crippen LogP contribution in [-0.2, 0) is 16.0 Å². The molecule has 1 aromatic heterocycles.